The van der Waals surface area contributed by atoms with Crippen molar-refractivity contribution in [3.8, 4) is 6.07 Å². The smallest absolute Gasteiger partial charge is 0.209 e. The van der Waals surface area contributed by atoms with E-state index in [0.29, 0.717) is 19.5 Å². The molecule has 0 saturated carbocycles. The second-order valence-electron chi connectivity index (χ2n) is 8.26. The summed E-state index contributed by atoms with van der Waals surface area (Å²) in [5.74, 6) is 0. The van der Waals surface area contributed by atoms with Gasteiger partial charge in [-0.05, 0) is 57.0 Å². The average molecular weight is 403 g/mol. The van der Waals surface area contributed by atoms with Crippen molar-refractivity contribution in [2.24, 2.45) is 0 Å². The minimum absolute atomic E-state index is 0.0355. The van der Waals surface area contributed by atoms with Crippen LogP contribution in [0.4, 0.5) is 11.4 Å². The lowest BCUT2D eigenvalue weighted by molar-refractivity contribution is -0.433. The Hall–Kier alpha value is -2.90. The van der Waals surface area contributed by atoms with E-state index in [0.717, 1.165) is 12.2 Å². The van der Waals surface area contributed by atoms with Crippen LogP contribution in [0.5, 0.6) is 0 Å². The second kappa shape index (κ2) is 9.28. The van der Waals surface area contributed by atoms with E-state index in [-0.39, 0.29) is 12.0 Å². The molecule has 2 aromatic rings. The molecule has 0 atom stereocenters. The number of benzene rings is 2. The Balaban J connectivity index is 1.90. The fourth-order valence-corrected chi connectivity index (χ4v) is 4.37. The summed E-state index contributed by atoms with van der Waals surface area (Å²) in [6, 6.07) is 17.2. The maximum absolute atomic E-state index is 9.36. The molecule has 0 aromatic heterocycles. The molecule has 3 rings (SSSR count). The first-order valence-electron chi connectivity index (χ1n) is 10.7. The Kier molecular flexibility index (Phi) is 6.74. The Bertz CT molecular complexity index is 1010. The van der Waals surface area contributed by atoms with Crippen molar-refractivity contribution < 1.29 is 9.68 Å². The molecule has 0 spiro atoms. The minimum Gasteiger partial charge on any atom is -0.395 e. The fraction of sp³-hybridized carbons (Fsp3) is 0.385. The average Bonchev–Trinajstić information content (AvgIpc) is 2.96. The first-order valence-corrected chi connectivity index (χ1v) is 10.7. The van der Waals surface area contributed by atoms with Crippen LogP contribution in [-0.4, -0.2) is 41.6 Å². The quantitative estimate of drug-likeness (QED) is 0.644. The predicted octanol–water partition coefficient (Wildman–Crippen LogP) is 4.82. The number of fused-ring (bicyclic) bond motifs is 1. The zero-order valence-corrected chi connectivity index (χ0v) is 18.5. The first kappa shape index (κ1) is 21.8. The van der Waals surface area contributed by atoms with Crippen molar-refractivity contribution in [2.75, 3.05) is 31.1 Å². The van der Waals surface area contributed by atoms with Crippen molar-refractivity contribution in [3.63, 3.8) is 0 Å². The van der Waals surface area contributed by atoms with Crippen molar-refractivity contribution in [2.45, 2.75) is 39.5 Å². The molecule has 0 unspecified atom stereocenters. The number of aliphatic hydroxyl groups excluding tert-OH is 1. The molecule has 1 heterocycles. The van der Waals surface area contributed by atoms with Gasteiger partial charge in [0.2, 0.25) is 5.69 Å². The molecule has 0 radical (unpaired) electrons. The molecule has 1 N–H and O–H groups in total. The van der Waals surface area contributed by atoms with Crippen molar-refractivity contribution >= 4 is 23.2 Å². The lowest BCUT2D eigenvalue weighted by atomic mass is 9.81. The Morgan fingerprint density at radius 2 is 1.90 bits per heavy atom. The van der Waals surface area contributed by atoms with Gasteiger partial charge in [0.05, 0.1) is 24.5 Å². The highest BCUT2D eigenvalue weighted by Gasteiger charge is 2.43. The van der Waals surface area contributed by atoms with Gasteiger partial charge in [-0.3, -0.25) is 0 Å². The molecule has 0 aliphatic carbocycles. The zero-order chi connectivity index (χ0) is 21.7. The minimum atomic E-state index is -0.0355. The fourth-order valence-electron chi connectivity index (χ4n) is 4.37. The van der Waals surface area contributed by atoms with Crippen LogP contribution >= 0.6 is 0 Å². The van der Waals surface area contributed by atoms with Gasteiger partial charge in [-0.2, -0.15) is 9.84 Å². The highest BCUT2D eigenvalue weighted by molar-refractivity contribution is 6.05. The lowest BCUT2D eigenvalue weighted by Gasteiger charge is -2.23. The van der Waals surface area contributed by atoms with Gasteiger partial charge in [0.1, 0.15) is 6.54 Å². The number of para-hydroxylation sites is 1. The lowest BCUT2D eigenvalue weighted by Crippen LogP contribution is -2.27. The van der Waals surface area contributed by atoms with E-state index in [2.05, 4.69) is 97.9 Å². The normalized spacial score (nSPS) is 14.8. The summed E-state index contributed by atoms with van der Waals surface area (Å²) < 4.78 is 2.40. The third kappa shape index (κ3) is 4.17. The third-order valence-corrected chi connectivity index (χ3v) is 6.02. The van der Waals surface area contributed by atoms with E-state index in [1.54, 1.807) is 0 Å². The molecule has 0 saturated heterocycles. The van der Waals surface area contributed by atoms with Crippen LogP contribution in [0.3, 0.4) is 0 Å². The zero-order valence-electron chi connectivity index (χ0n) is 18.5. The number of allylic oxidation sites excluding steroid dienone is 1. The van der Waals surface area contributed by atoms with E-state index in [4.69, 9.17) is 5.26 Å². The van der Waals surface area contributed by atoms with Gasteiger partial charge in [-0.1, -0.05) is 24.3 Å². The maximum atomic E-state index is 9.36. The summed E-state index contributed by atoms with van der Waals surface area (Å²) in [6.07, 6.45) is 4.91. The van der Waals surface area contributed by atoms with Crippen LogP contribution in [0.2, 0.25) is 0 Å². The Morgan fingerprint density at radius 1 is 1.13 bits per heavy atom. The predicted molar refractivity (Wildman–Crippen MR) is 125 cm³/mol. The SMILES string of the molecule is CC[N+]1=C(C=Cc2ccc(N(CCO)CCC#N)cc2C)C(C)(C)c2ccccc21. The number of rotatable bonds is 8. The Morgan fingerprint density at radius 3 is 2.57 bits per heavy atom. The van der Waals surface area contributed by atoms with E-state index in [1.165, 1.54) is 28.1 Å². The van der Waals surface area contributed by atoms with Gasteiger partial charge in [0, 0.05) is 36.5 Å². The van der Waals surface area contributed by atoms with Gasteiger partial charge >= 0.3 is 0 Å². The number of hydrogen-bond donors (Lipinski definition) is 1. The summed E-state index contributed by atoms with van der Waals surface area (Å²) >= 11 is 0. The molecule has 2 aromatic carbocycles. The van der Waals surface area contributed by atoms with Crippen molar-refractivity contribution in [3.05, 3.63) is 65.2 Å². The summed E-state index contributed by atoms with van der Waals surface area (Å²) in [7, 11) is 0. The number of aryl methyl sites for hydroxylation is 1. The van der Waals surface area contributed by atoms with E-state index >= 15 is 0 Å². The largest absolute Gasteiger partial charge is 0.395 e. The summed E-state index contributed by atoms with van der Waals surface area (Å²) in [4.78, 5) is 2.06. The van der Waals surface area contributed by atoms with Crippen molar-refractivity contribution in [1.82, 2.24) is 0 Å². The van der Waals surface area contributed by atoms with Gasteiger partial charge in [0.25, 0.3) is 0 Å². The second-order valence-corrected chi connectivity index (χ2v) is 8.26. The monoisotopic (exact) mass is 402 g/mol. The molecule has 0 amide bonds. The van der Waals surface area contributed by atoms with Gasteiger partial charge in [-0.25, -0.2) is 0 Å². The van der Waals surface area contributed by atoms with Crippen LogP contribution in [0.15, 0.2) is 48.5 Å². The van der Waals surface area contributed by atoms with Crippen LogP contribution in [0.25, 0.3) is 6.08 Å². The van der Waals surface area contributed by atoms with E-state index < -0.39 is 0 Å². The standard InChI is InChI=1S/C26H32N3O/c1-5-29-24-10-7-6-9-23(24)26(3,4)25(29)14-12-21-11-13-22(19-20(21)2)28(17-18-30)16-8-15-27/h6-7,9-14,19,30H,5,8,16-18H2,1-4H3/q+1. The van der Waals surface area contributed by atoms with Gasteiger partial charge < -0.3 is 10.0 Å². The molecule has 4 nitrogen and oxygen atoms in total. The van der Waals surface area contributed by atoms with Gasteiger partial charge in [0.15, 0.2) is 5.71 Å². The highest BCUT2D eigenvalue weighted by atomic mass is 16.3. The molecule has 156 valence electrons. The molecule has 0 bridgehead atoms. The van der Waals surface area contributed by atoms with Gasteiger partial charge in [-0.15, -0.1) is 0 Å². The molecular formula is C26H32N3O+. The molecule has 30 heavy (non-hydrogen) atoms. The maximum Gasteiger partial charge on any atom is 0.209 e. The summed E-state index contributed by atoms with van der Waals surface area (Å²) in [5.41, 5.74) is 7.35. The number of anilines is 1. The topological polar surface area (TPSA) is 50.3 Å². The highest BCUT2D eigenvalue weighted by Crippen LogP contribution is 2.39. The van der Waals surface area contributed by atoms with Crippen molar-refractivity contribution in [1.29, 1.82) is 5.26 Å². The first-order chi connectivity index (χ1) is 14.4. The van der Waals surface area contributed by atoms with Crippen LogP contribution in [0.1, 0.15) is 43.9 Å². The molecule has 0 fully saturated rings. The van der Waals surface area contributed by atoms with E-state index in [9.17, 15) is 5.11 Å². The summed E-state index contributed by atoms with van der Waals surface area (Å²) in [6.45, 7) is 11.1. The number of hydrogen-bond acceptors (Lipinski definition) is 3. The Labute approximate surface area is 180 Å². The van der Waals surface area contributed by atoms with E-state index in [1.807, 2.05) is 0 Å². The number of aliphatic hydroxyl groups is 1. The number of nitrogens with zero attached hydrogens (tertiary/aromatic N) is 3. The molecule has 1 aliphatic heterocycles. The molecule has 1 aliphatic rings. The summed E-state index contributed by atoms with van der Waals surface area (Å²) in [5, 5.41) is 18.3. The molecule has 4 heteroatoms. The third-order valence-electron chi connectivity index (χ3n) is 6.02. The molecular weight excluding hydrogens is 370 g/mol. The number of nitriles is 1. The van der Waals surface area contributed by atoms with Crippen LogP contribution in [0, 0.1) is 18.3 Å². The van der Waals surface area contributed by atoms with Crippen LogP contribution < -0.4 is 4.90 Å². The van der Waals surface area contributed by atoms with Crippen LogP contribution in [-0.2, 0) is 5.41 Å².